The molecule has 0 aromatic heterocycles. The molecule has 1 fully saturated rings. The Morgan fingerprint density at radius 2 is 2.05 bits per heavy atom. The molecule has 1 unspecified atom stereocenters. The van der Waals surface area contributed by atoms with Crippen molar-refractivity contribution in [3.63, 3.8) is 0 Å². The minimum atomic E-state index is -0.954. The van der Waals surface area contributed by atoms with Crippen LogP contribution in [0.2, 0.25) is 10.0 Å². The van der Waals surface area contributed by atoms with Crippen LogP contribution in [0.5, 0.6) is 0 Å². The van der Waals surface area contributed by atoms with Crippen molar-refractivity contribution in [3.05, 3.63) is 33.8 Å². The zero-order valence-corrected chi connectivity index (χ0v) is 11.6. The summed E-state index contributed by atoms with van der Waals surface area (Å²) in [5, 5.41) is 0.659. The second kappa shape index (κ2) is 5.90. The lowest BCUT2D eigenvalue weighted by molar-refractivity contribution is -0.145. The third-order valence-electron chi connectivity index (χ3n) is 2.74. The molecule has 4 nitrogen and oxygen atoms in total. The molecular weight excluding hydrogens is 289 g/mol. The second-order valence-electron chi connectivity index (χ2n) is 4.49. The number of rotatable bonds is 5. The average molecular weight is 302 g/mol. The maximum absolute atomic E-state index is 12.1. The maximum atomic E-state index is 12.1. The van der Waals surface area contributed by atoms with Crippen molar-refractivity contribution in [1.29, 1.82) is 0 Å². The van der Waals surface area contributed by atoms with Crippen molar-refractivity contribution in [2.24, 2.45) is 5.73 Å². The van der Waals surface area contributed by atoms with Crippen LogP contribution in [0.4, 0.5) is 0 Å². The third kappa shape index (κ3) is 3.93. The predicted octanol–water partition coefficient (Wildman–Crippen LogP) is 2.60. The highest BCUT2D eigenvalue weighted by molar-refractivity contribution is 6.37. The van der Waals surface area contributed by atoms with Crippen LogP contribution in [0, 0.1) is 0 Å². The molecule has 1 aliphatic rings. The lowest BCUT2D eigenvalue weighted by Crippen LogP contribution is -2.34. The van der Waals surface area contributed by atoms with E-state index in [-0.39, 0.29) is 23.1 Å². The van der Waals surface area contributed by atoms with Crippen molar-refractivity contribution < 1.29 is 14.3 Å². The number of hydrogen-bond donors (Lipinski definition) is 1. The van der Waals surface area contributed by atoms with E-state index >= 15 is 0 Å². The Morgan fingerprint density at radius 3 is 2.63 bits per heavy atom. The molecule has 1 aromatic rings. The molecule has 2 rings (SSSR count). The molecule has 1 saturated carbocycles. The molecular formula is C13H13Cl2NO3. The summed E-state index contributed by atoms with van der Waals surface area (Å²) >= 11 is 11.7. The summed E-state index contributed by atoms with van der Waals surface area (Å²) in [5.41, 5.74) is 5.97. The Balaban J connectivity index is 1.99. The Hall–Kier alpha value is -1.10. The number of ether oxygens (including phenoxy) is 1. The number of ketones is 1. The van der Waals surface area contributed by atoms with E-state index in [1.807, 2.05) is 0 Å². The Morgan fingerprint density at radius 1 is 1.37 bits per heavy atom. The number of nitrogens with two attached hydrogens (primary N) is 1. The van der Waals surface area contributed by atoms with Crippen molar-refractivity contribution >= 4 is 35.0 Å². The number of carbonyl (C=O) groups is 2. The average Bonchev–Trinajstić information content (AvgIpc) is 3.11. The van der Waals surface area contributed by atoms with Gasteiger partial charge in [0, 0.05) is 10.6 Å². The van der Waals surface area contributed by atoms with Crippen molar-refractivity contribution in [1.82, 2.24) is 0 Å². The van der Waals surface area contributed by atoms with Gasteiger partial charge in [0.1, 0.15) is 6.10 Å². The Labute approximate surface area is 120 Å². The molecule has 102 valence electrons. The quantitative estimate of drug-likeness (QED) is 0.670. The molecule has 1 atom stereocenters. The molecule has 0 aliphatic heterocycles. The van der Waals surface area contributed by atoms with Gasteiger partial charge in [-0.15, -0.1) is 0 Å². The highest BCUT2D eigenvalue weighted by atomic mass is 35.5. The van der Waals surface area contributed by atoms with E-state index in [4.69, 9.17) is 33.7 Å². The van der Waals surface area contributed by atoms with Gasteiger partial charge in [-0.3, -0.25) is 9.59 Å². The van der Waals surface area contributed by atoms with Crippen LogP contribution in [0.15, 0.2) is 18.2 Å². The van der Waals surface area contributed by atoms with E-state index in [2.05, 4.69) is 0 Å². The molecule has 0 amide bonds. The van der Waals surface area contributed by atoms with E-state index < -0.39 is 17.8 Å². The van der Waals surface area contributed by atoms with Crippen LogP contribution in [-0.2, 0) is 9.53 Å². The van der Waals surface area contributed by atoms with E-state index in [9.17, 15) is 9.59 Å². The standard InChI is InChI=1S/C13H13Cl2NO3/c14-7-1-4-9(10(15)5-7)13(18)11(16)6-12(17)19-8-2-3-8/h1,4-5,8,11H,2-3,6,16H2. The van der Waals surface area contributed by atoms with Crippen LogP contribution in [0.3, 0.4) is 0 Å². The van der Waals surface area contributed by atoms with Crippen LogP contribution >= 0.6 is 23.2 Å². The fourth-order valence-electron chi connectivity index (χ4n) is 1.58. The molecule has 0 heterocycles. The van der Waals surface area contributed by atoms with Gasteiger partial charge in [-0.2, -0.15) is 0 Å². The molecule has 0 radical (unpaired) electrons. The summed E-state index contributed by atoms with van der Waals surface area (Å²) in [6, 6.07) is 3.56. The fraction of sp³-hybridized carbons (Fsp3) is 0.385. The number of halogens is 2. The van der Waals surface area contributed by atoms with Crippen molar-refractivity contribution in [2.45, 2.75) is 31.4 Å². The van der Waals surface area contributed by atoms with E-state index in [0.717, 1.165) is 12.8 Å². The normalized spacial score (nSPS) is 15.9. The number of esters is 1. The minimum absolute atomic E-state index is 0.00826. The second-order valence-corrected chi connectivity index (χ2v) is 5.33. The molecule has 2 N–H and O–H groups in total. The Kier molecular flexibility index (Phi) is 4.45. The smallest absolute Gasteiger partial charge is 0.308 e. The topological polar surface area (TPSA) is 69.4 Å². The zero-order valence-electron chi connectivity index (χ0n) is 10.1. The Bertz CT molecular complexity index is 515. The van der Waals surface area contributed by atoms with E-state index in [1.54, 1.807) is 6.07 Å². The highest BCUT2D eigenvalue weighted by Gasteiger charge is 2.28. The van der Waals surface area contributed by atoms with Gasteiger partial charge < -0.3 is 10.5 Å². The van der Waals surface area contributed by atoms with Gasteiger partial charge in [0.05, 0.1) is 17.5 Å². The van der Waals surface area contributed by atoms with Crippen LogP contribution in [-0.4, -0.2) is 23.9 Å². The lowest BCUT2D eigenvalue weighted by atomic mass is 10.0. The summed E-state index contributed by atoms with van der Waals surface area (Å²) in [7, 11) is 0. The molecule has 0 bridgehead atoms. The summed E-state index contributed by atoms with van der Waals surface area (Å²) in [5.74, 6) is -0.845. The molecule has 19 heavy (non-hydrogen) atoms. The zero-order chi connectivity index (χ0) is 14.0. The van der Waals surface area contributed by atoms with Gasteiger partial charge in [-0.05, 0) is 31.0 Å². The monoisotopic (exact) mass is 301 g/mol. The van der Waals surface area contributed by atoms with E-state index in [0.29, 0.717) is 5.02 Å². The third-order valence-corrected chi connectivity index (χ3v) is 3.29. The number of Topliss-reactive ketones (excluding diaryl/α,β-unsaturated/α-hetero) is 1. The largest absolute Gasteiger partial charge is 0.462 e. The number of benzene rings is 1. The summed E-state index contributed by atoms with van der Waals surface area (Å²) in [6.07, 6.45) is 1.64. The highest BCUT2D eigenvalue weighted by Crippen LogP contribution is 2.25. The van der Waals surface area contributed by atoms with Gasteiger partial charge in [0.2, 0.25) is 0 Å². The van der Waals surface area contributed by atoms with E-state index in [1.165, 1.54) is 12.1 Å². The summed E-state index contributed by atoms with van der Waals surface area (Å²) in [4.78, 5) is 23.5. The van der Waals surface area contributed by atoms with Crippen molar-refractivity contribution in [2.75, 3.05) is 0 Å². The summed E-state index contributed by atoms with van der Waals surface area (Å²) < 4.78 is 5.04. The van der Waals surface area contributed by atoms with Crippen LogP contribution in [0.25, 0.3) is 0 Å². The minimum Gasteiger partial charge on any atom is -0.462 e. The SMILES string of the molecule is NC(CC(=O)OC1CC1)C(=O)c1ccc(Cl)cc1Cl. The number of hydrogen-bond acceptors (Lipinski definition) is 4. The first-order valence-electron chi connectivity index (χ1n) is 5.91. The molecule has 1 aliphatic carbocycles. The molecule has 1 aromatic carbocycles. The predicted molar refractivity (Wildman–Crippen MR) is 72.5 cm³/mol. The van der Waals surface area contributed by atoms with Gasteiger partial charge in [0.15, 0.2) is 5.78 Å². The van der Waals surface area contributed by atoms with Gasteiger partial charge in [-0.25, -0.2) is 0 Å². The lowest BCUT2D eigenvalue weighted by Gasteiger charge is -2.11. The van der Waals surface area contributed by atoms with Gasteiger partial charge in [-0.1, -0.05) is 23.2 Å². The van der Waals surface area contributed by atoms with Crippen LogP contribution in [0.1, 0.15) is 29.6 Å². The first kappa shape index (κ1) is 14.3. The number of carbonyl (C=O) groups excluding carboxylic acids is 2. The first-order valence-corrected chi connectivity index (χ1v) is 6.67. The van der Waals surface area contributed by atoms with Crippen LogP contribution < -0.4 is 5.73 Å². The molecule has 6 heteroatoms. The fourth-order valence-corrected chi connectivity index (χ4v) is 2.08. The molecule has 0 spiro atoms. The maximum Gasteiger partial charge on any atom is 0.308 e. The van der Waals surface area contributed by atoms with Crippen molar-refractivity contribution in [3.8, 4) is 0 Å². The first-order chi connectivity index (χ1) is 8.97. The van der Waals surface area contributed by atoms with Gasteiger partial charge in [0.25, 0.3) is 0 Å². The molecule has 0 saturated heterocycles. The van der Waals surface area contributed by atoms with Gasteiger partial charge >= 0.3 is 5.97 Å². The summed E-state index contributed by atoms with van der Waals surface area (Å²) in [6.45, 7) is 0.